The van der Waals surface area contributed by atoms with E-state index in [1.54, 1.807) is 24.5 Å². The van der Waals surface area contributed by atoms with Crippen molar-refractivity contribution in [2.24, 2.45) is 0 Å². The molecule has 0 saturated heterocycles. The quantitative estimate of drug-likeness (QED) is 0.559. The van der Waals surface area contributed by atoms with Crippen molar-refractivity contribution in [1.29, 1.82) is 0 Å². The summed E-state index contributed by atoms with van der Waals surface area (Å²) in [4.78, 5) is 31.9. The Morgan fingerprint density at radius 1 is 0.935 bits per heavy atom. The Labute approximate surface area is 181 Å². The number of imide groups is 1. The Morgan fingerprint density at radius 2 is 1.71 bits per heavy atom. The van der Waals surface area contributed by atoms with Crippen molar-refractivity contribution in [3.63, 3.8) is 0 Å². The van der Waals surface area contributed by atoms with Crippen LogP contribution in [-0.2, 0) is 16.1 Å². The lowest BCUT2D eigenvalue weighted by molar-refractivity contribution is -0.137. The summed E-state index contributed by atoms with van der Waals surface area (Å²) < 4.78 is 5.70. The summed E-state index contributed by atoms with van der Waals surface area (Å²) in [6.45, 7) is 2.83. The predicted octanol–water partition coefficient (Wildman–Crippen LogP) is 4.26. The summed E-state index contributed by atoms with van der Waals surface area (Å²) in [5, 5.41) is 3.18. The topological polar surface area (TPSA) is 71.5 Å². The van der Waals surface area contributed by atoms with E-state index in [0.717, 1.165) is 12.0 Å². The van der Waals surface area contributed by atoms with Gasteiger partial charge in [-0.1, -0.05) is 43.3 Å². The van der Waals surface area contributed by atoms with E-state index in [9.17, 15) is 9.59 Å². The zero-order valence-electron chi connectivity index (χ0n) is 17.2. The molecule has 1 aliphatic rings. The standard InChI is InChI=1S/C25H23N3O3/c1-2-15-31-21-10-6-9-20(16-21)27-23-22(19-7-4-3-5-8-19)24(29)28(25(23)30)17-18-11-13-26-14-12-18/h3-14,16,27H,2,15,17H2,1H3. The first-order valence-corrected chi connectivity index (χ1v) is 10.2. The molecule has 0 bridgehead atoms. The molecule has 0 fully saturated rings. The first kappa shape index (κ1) is 20.3. The van der Waals surface area contributed by atoms with E-state index in [-0.39, 0.29) is 24.1 Å². The molecule has 1 aliphatic heterocycles. The Hall–Kier alpha value is -3.93. The summed E-state index contributed by atoms with van der Waals surface area (Å²) in [6.07, 6.45) is 4.19. The van der Waals surface area contributed by atoms with Gasteiger partial charge >= 0.3 is 0 Å². The number of carbonyl (C=O) groups is 2. The molecule has 31 heavy (non-hydrogen) atoms. The number of rotatable bonds is 8. The molecule has 4 rings (SSSR count). The number of anilines is 1. The third kappa shape index (κ3) is 4.48. The zero-order chi connectivity index (χ0) is 21.6. The maximum atomic E-state index is 13.3. The van der Waals surface area contributed by atoms with Crippen LogP contribution in [0, 0.1) is 0 Å². The minimum Gasteiger partial charge on any atom is -0.494 e. The van der Waals surface area contributed by atoms with Crippen LogP contribution >= 0.6 is 0 Å². The van der Waals surface area contributed by atoms with Crippen LogP contribution < -0.4 is 10.1 Å². The number of nitrogens with zero attached hydrogens (tertiary/aromatic N) is 2. The van der Waals surface area contributed by atoms with Gasteiger partial charge in [0, 0.05) is 24.1 Å². The number of ether oxygens (including phenoxy) is 1. The average Bonchev–Trinajstić information content (AvgIpc) is 3.03. The van der Waals surface area contributed by atoms with E-state index in [2.05, 4.69) is 10.3 Å². The number of hydrogen-bond acceptors (Lipinski definition) is 5. The number of benzene rings is 2. The van der Waals surface area contributed by atoms with Gasteiger partial charge in [0.15, 0.2) is 0 Å². The maximum absolute atomic E-state index is 13.3. The second-order valence-electron chi connectivity index (χ2n) is 7.17. The molecule has 0 radical (unpaired) electrons. The summed E-state index contributed by atoms with van der Waals surface area (Å²) in [6, 6.07) is 20.2. The van der Waals surface area contributed by atoms with Crippen LogP contribution in [0.5, 0.6) is 5.75 Å². The summed E-state index contributed by atoms with van der Waals surface area (Å²) in [7, 11) is 0. The molecule has 0 spiro atoms. The molecule has 0 unspecified atom stereocenters. The molecule has 1 aromatic heterocycles. The number of carbonyl (C=O) groups excluding carboxylic acids is 2. The van der Waals surface area contributed by atoms with Gasteiger partial charge in [-0.3, -0.25) is 19.5 Å². The van der Waals surface area contributed by atoms with Gasteiger partial charge in [0.1, 0.15) is 11.4 Å². The molecule has 2 aromatic carbocycles. The van der Waals surface area contributed by atoms with Crippen LogP contribution in [0.2, 0.25) is 0 Å². The smallest absolute Gasteiger partial charge is 0.278 e. The molecule has 0 aliphatic carbocycles. The second-order valence-corrected chi connectivity index (χ2v) is 7.17. The minimum absolute atomic E-state index is 0.182. The second kappa shape index (κ2) is 9.26. The molecular weight excluding hydrogens is 390 g/mol. The van der Waals surface area contributed by atoms with E-state index < -0.39 is 0 Å². The number of nitrogens with one attached hydrogen (secondary N) is 1. The normalized spacial score (nSPS) is 13.6. The van der Waals surface area contributed by atoms with Crippen molar-refractivity contribution in [2.75, 3.05) is 11.9 Å². The minimum atomic E-state index is -0.361. The molecule has 2 amide bonds. The molecule has 156 valence electrons. The lowest BCUT2D eigenvalue weighted by Gasteiger charge is -2.15. The monoisotopic (exact) mass is 413 g/mol. The van der Waals surface area contributed by atoms with E-state index in [0.29, 0.717) is 29.2 Å². The van der Waals surface area contributed by atoms with Crippen LogP contribution in [0.25, 0.3) is 5.57 Å². The Morgan fingerprint density at radius 3 is 2.45 bits per heavy atom. The van der Waals surface area contributed by atoms with Crippen LogP contribution in [-0.4, -0.2) is 28.3 Å². The van der Waals surface area contributed by atoms with Gasteiger partial charge in [-0.25, -0.2) is 0 Å². The number of pyridine rings is 1. The third-order valence-corrected chi connectivity index (χ3v) is 4.90. The number of amides is 2. The molecule has 6 heteroatoms. The Bertz CT molecular complexity index is 1110. The molecule has 1 N–H and O–H groups in total. The Balaban J connectivity index is 1.68. The van der Waals surface area contributed by atoms with Gasteiger partial charge in [0.25, 0.3) is 11.8 Å². The van der Waals surface area contributed by atoms with Crippen LogP contribution in [0.15, 0.2) is 84.8 Å². The predicted molar refractivity (Wildman–Crippen MR) is 119 cm³/mol. The van der Waals surface area contributed by atoms with E-state index >= 15 is 0 Å². The average molecular weight is 413 g/mol. The lowest BCUT2D eigenvalue weighted by atomic mass is 10.0. The fourth-order valence-electron chi connectivity index (χ4n) is 3.41. The fraction of sp³-hybridized carbons (Fsp3) is 0.160. The van der Waals surface area contributed by atoms with Crippen molar-refractivity contribution >= 4 is 23.1 Å². The lowest BCUT2D eigenvalue weighted by Crippen LogP contribution is -2.32. The SMILES string of the molecule is CCCOc1cccc(NC2=C(c3ccccc3)C(=O)N(Cc3ccncc3)C2=O)c1. The summed E-state index contributed by atoms with van der Waals surface area (Å²) in [5.74, 6) is 0.0218. The number of aromatic nitrogens is 1. The first-order valence-electron chi connectivity index (χ1n) is 10.2. The van der Waals surface area contributed by atoms with E-state index in [4.69, 9.17) is 4.74 Å². The third-order valence-electron chi connectivity index (χ3n) is 4.90. The molecule has 0 saturated carbocycles. The van der Waals surface area contributed by atoms with Crippen LogP contribution in [0.3, 0.4) is 0 Å². The van der Waals surface area contributed by atoms with Gasteiger partial charge in [0.2, 0.25) is 0 Å². The largest absolute Gasteiger partial charge is 0.494 e. The van der Waals surface area contributed by atoms with Crippen molar-refractivity contribution in [1.82, 2.24) is 9.88 Å². The molecular formula is C25H23N3O3. The highest BCUT2D eigenvalue weighted by Gasteiger charge is 2.39. The Kier molecular flexibility index (Phi) is 6.08. The summed E-state index contributed by atoms with van der Waals surface area (Å²) >= 11 is 0. The maximum Gasteiger partial charge on any atom is 0.278 e. The molecule has 0 atom stereocenters. The van der Waals surface area contributed by atoms with Crippen molar-refractivity contribution in [3.8, 4) is 5.75 Å². The molecule has 3 aromatic rings. The van der Waals surface area contributed by atoms with Gasteiger partial charge in [-0.2, -0.15) is 0 Å². The van der Waals surface area contributed by atoms with Crippen molar-refractivity contribution < 1.29 is 14.3 Å². The van der Waals surface area contributed by atoms with Crippen LogP contribution in [0.4, 0.5) is 5.69 Å². The zero-order valence-corrected chi connectivity index (χ0v) is 17.2. The highest BCUT2D eigenvalue weighted by molar-refractivity contribution is 6.36. The first-order chi connectivity index (χ1) is 15.2. The van der Waals surface area contributed by atoms with Gasteiger partial charge < -0.3 is 10.1 Å². The van der Waals surface area contributed by atoms with E-state index in [1.165, 1.54) is 4.90 Å². The highest BCUT2D eigenvalue weighted by Crippen LogP contribution is 2.32. The van der Waals surface area contributed by atoms with Crippen molar-refractivity contribution in [3.05, 3.63) is 95.9 Å². The van der Waals surface area contributed by atoms with Crippen molar-refractivity contribution in [2.45, 2.75) is 19.9 Å². The molecule has 2 heterocycles. The van der Waals surface area contributed by atoms with Gasteiger partial charge in [-0.05, 0) is 41.8 Å². The van der Waals surface area contributed by atoms with Gasteiger partial charge in [0.05, 0.1) is 18.7 Å². The van der Waals surface area contributed by atoms with E-state index in [1.807, 2.05) is 61.5 Å². The fourth-order valence-corrected chi connectivity index (χ4v) is 3.41. The van der Waals surface area contributed by atoms with Gasteiger partial charge in [-0.15, -0.1) is 0 Å². The summed E-state index contributed by atoms with van der Waals surface area (Å²) in [5.41, 5.74) is 2.83. The highest BCUT2D eigenvalue weighted by atomic mass is 16.5. The number of hydrogen-bond donors (Lipinski definition) is 1. The molecule has 6 nitrogen and oxygen atoms in total. The van der Waals surface area contributed by atoms with Crippen LogP contribution in [0.1, 0.15) is 24.5 Å².